The fourth-order valence-electron chi connectivity index (χ4n) is 3.07. The van der Waals surface area contributed by atoms with E-state index in [4.69, 9.17) is 16.3 Å². The molecular weight excluding hydrogens is 358 g/mol. The molecule has 2 fully saturated rings. The molecule has 0 spiro atoms. The molecule has 2 aliphatic heterocycles. The SMILES string of the molecule is CC(C)(C)OC(=O)N1CCN(c2cc(Cl)nc(N3CCC(O)C3)n2)CC1. The second-order valence-corrected chi connectivity index (χ2v) is 8.08. The number of β-amino-alcohol motifs (C(OH)–C–C–N with tert-alkyl or cyclic N) is 1. The number of ether oxygens (including phenoxy) is 1. The Labute approximate surface area is 158 Å². The van der Waals surface area contributed by atoms with Gasteiger partial charge in [0.1, 0.15) is 16.6 Å². The van der Waals surface area contributed by atoms with Crippen LogP contribution in [0.5, 0.6) is 0 Å². The minimum Gasteiger partial charge on any atom is -0.444 e. The maximum atomic E-state index is 12.2. The molecule has 1 aromatic rings. The largest absolute Gasteiger partial charge is 0.444 e. The first-order chi connectivity index (χ1) is 12.2. The third-order valence-electron chi connectivity index (χ3n) is 4.37. The summed E-state index contributed by atoms with van der Waals surface area (Å²) in [5.41, 5.74) is -0.496. The van der Waals surface area contributed by atoms with Crippen molar-refractivity contribution in [3.8, 4) is 0 Å². The van der Waals surface area contributed by atoms with Crippen LogP contribution in [0.15, 0.2) is 6.07 Å². The van der Waals surface area contributed by atoms with E-state index in [1.165, 1.54) is 0 Å². The van der Waals surface area contributed by atoms with Crippen molar-refractivity contribution in [1.82, 2.24) is 14.9 Å². The summed E-state index contributed by atoms with van der Waals surface area (Å²) in [5.74, 6) is 1.28. The average Bonchev–Trinajstić information content (AvgIpc) is 2.99. The van der Waals surface area contributed by atoms with Gasteiger partial charge in [0.15, 0.2) is 0 Å². The van der Waals surface area contributed by atoms with Gasteiger partial charge in [0.2, 0.25) is 5.95 Å². The molecule has 9 heteroatoms. The van der Waals surface area contributed by atoms with Crippen LogP contribution in [0.25, 0.3) is 0 Å². The molecule has 1 amide bonds. The van der Waals surface area contributed by atoms with Crippen LogP contribution < -0.4 is 9.80 Å². The molecule has 0 aromatic carbocycles. The van der Waals surface area contributed by atoms with Crippen LogP contribution in [0.4, 0.5) is 16.6 Å². The van der Waals surface area contributed by atoms with E-state index in [0.717, 1.165) is 5.82 Å². The number of halogens is 1. The van der Waals surface area contributed by atoms with Crippen LogP contribution in [0, 0.1) is 0 Å². The van der Waals surface area contributed by atoms with Crippen molar-refractivity contribution in [1.29, 1.82) is 0 Å². The van der Waals surface area contributed by atoms with Crippen LogP contribution >= 0.6 is 11.6 Å². The maximum absolute atomic E-state index is 12.2. The highest BCUT2D eigenvalue weighted by molar-refractivity contribution is 6.29. The Kier molecular flexibility index (Phi) is 5.43. The summed E-state index contributed by atoms with van der Waals surface area (Å²) in [6.07, 6.45) is 0.0720. The number of hydrogen-bond acceptors (Lipinski definition) is 7. The fourth-order valence-corrected chi connectivity index (χ4v) is 3.24. The van der Waals surface area contributed by atoms with E-state index < -0.39 is 5.60 Å². The Morgan fingerprint density at radius 3 is 2.46 bits per heavy atom. The Balaban J connectivity index is 1.64. The van der Waals surface area contributed by atoms with Crippen molar-refractivity contribution in [2.75, 3.05) is 49.1 Å². The third-order valence-corrected chi connectivity index (χ3v) is 4.56. The Hall–Kier alpha value is -1.80. The van der Waals surface area contributed by atoms with Gasteiger partial charge in [0.05, 0.1) is 6.10 Å². The zero-order valence-corrected chi connectivity index (χ0v) is 16.2. The van der Waals surface area contributed by atoms with Crippen molar-refractivity contribution in [3.05, 3.63) is 11.2 Å². The lowest BCUT2D eigenvalue weighted by atomic mass is 10.2. The summed E-state index contributed by atoms with van der Waals surface area (Å²) in [6.45, 7) is 9.24. The summed E-state index contributed by atoms with van der Waals surface area (Å²) in [7, 11) is 0. The molecular formula is C17H26ClN5O3. The molecule has 0 radical (unpaired) electrons. The van der Waals surface area contributed by atoms with Crippen molar-refractivity contribution in [2.45, 2.75) is 38.9 Å². The molecule has 1 unspecified atom stereocenters. The second kappa shape index (κ2) is 7.44. The second-order valence-electron chi connectivity index (χ2n) is 7.69. The summed E-state index contributed by atoms with van der Waals surface area (Å²) in [6, 6.07) is 1.74. The molecule has 26 heavy (non-hydrogen) atoms. The van der Waals surface area contributed by atoms with E-state index in [2.05, 4.69) is 14.9 Å². The molecule has 1 N–H and O–H groups in total. The molecule has 3 rings (SSSR count). The number of aliphatic hydroxyl groups is 1. The van der Waals surface area contributed by atoms with Gasteiger partial charge in [-0.2, -0.15) is 4.98 Å². The van der Waals surface area contributed by atoms with Gasteiger partial charge in [-0.3, -0.25) is 0 Å². The smallest absolute Gasteiger partial charge is 0.410 e. The van der Waals surface area contributed by atoms with Crippen molar-refractivity contribution in [3.63, 3.8) is 0 Å². The number of carbonyl (C=O) groups excluding carboxylic acids is 1. The molecule has 2 saturated heterocycles. The molecule has 144 valence electrons. The van der Waals surface area contributed by atoms with Gasteiger partial charge in [-0.25, -0.2) is 9.78 Å². The third kappa shape index (κ3) is 4.67. The number of aliphatic hydroxyl groups excluding tert-OH is 1. The molecule has 1 aromatic heterocycles. The van der Waals surface area contributed by atoms with Gasteiger partial charge < -0.3 is 24.5 Å². The number of carbonyl (C=O) groups is 1. The quantitative estimate of drug-likeness (QED) is 0.779. The van der Waals surface area contributed by atoms with Gasteiger partial charge in [-0.1, -0.05) is 11.6 Å². The predicted octanol–water partition coefficient (Wildman–Crippen LogP) is 1.76. The minimum absolute atomic E-state index is 0.287. The van der Waals surface area contributed by atoms with Crippen LogP contribution in [-0.2, 0) is 4.74 Å². The summed E-state index contributed by atoms with van der Waals surface area (Å²) in [5, 5.41) is 10.1. The lowest BCUT2D eigenvalue weighted by molar-refractivity contribution is 0.0240. The number of amides is 1. The minimum atomic E-state index is -0.496. The molecule has 3 heterocycles. The normalized spacial score (nSPS) is 21.3. The van der Waals surface area contributed by atoms with Crippen LogP contribution in [0.3, 0.4) is 0 Å². The Morgan fingerprint density at radius 2 is 1.88 bits per heavy atom. The van der Waals surface area contributed by atoms with E-state index in [0.29, 0.717) is 56.8 Å². The summed E-state index contributed by atoms with van der Waals surface area (Å²) in [4.78, 5) is 26.8. The predicted molar refractivity (Wildman–Crippen MR) is 99.9 cm³/mol. The van der Waals surface area contributed by atoms with Crippen LogP contribution in [0.1, 0.15) is 27.2 Å². The van der Waals surface area contributed by atoms with Gasteiger partial charge in [0.25, 0.3) is 0 Å². The van der Waals surface area contributed by atoms with Crippen molar-refractivity contribution < 1.29 is 14.6 Å². The molecule has 1 atom stereocenters. The first kappa shape index (κ1) is 19.0. The zero-order chi connectivity index (χ0) is 18.9. The topological polar surface area (TPSA) is 82.0 Å². The van der Waals surface area contributed by atoms with Gasteiger partial charge in [-0.05, 0) is 27.2 Å². The zero-order valence-electron chi connectivity index (χ0n) is 15.5. The number of nitrogens with zero attached hydrogens (tertiary/aromatic N) is 5. The van der Waals surface area contributed by atoms with Crippen LogP contribution in [-0.4, -0.2) is 77.0 Å². The molecule has 8 nitrogen and oxygen atoms in total. The number of rotatable bonds is 2. The number of aromatic nitrogens is 2. The number of hydrogen-bond donors (Lipinski definition) is 1. The Bertz CT molecular complexity index is 658. The van der Waals surface area contributed by atoms with Gasteiger partial charge >= 0.3 is 6.09 Å². The highest BCUT2D eigenvalue weighted by Gasteiger charge is 2.28. The molecule has 2 aliphatic rings. The summed E-state index contributed by atoms with van der Waals surface area (Å²) < 4.78 is 5.43. The van der Waals surface area contributed by atoms with Crippen molar-refractivity contribution >= 4 is 29.5 Å². The molecule has 0 saturated carbocycles. The van der Waals surface area contributed by atoms with E-state index in [1.54, 1.807) is 11.0 Å². The van der Waals surface area contributed by atoms with Crippen LogP contribution in [0.2, 0.25) is 5.15 Å². The van der Waals surface area contributed by atoms with Gasteiger partial charge in [-0.15, -0.1) is 0 Å². The highest BCUT2D eigenvalue weighted by atomic mass is 35.5. The summed E-state index contributed by atoms with van der Waals surface area (Å²) >= 11 is 6.18. The lowest BCUT2D eigenvalue weighted by Crippen LogP contribution is -2.50. The monoisotopic (exact) mass is 383 g/mol. The number of piperazine rings is 1. The molecule has 0 aliphatic carbocycles. The van der Waals surface area contributed by atoms with E-state index in [9.17, 15) is 9.90 Å². The first-order valence-electron chi connectivity index (χ1n) is 8.92. The fraction of sp³-hybridized carbons (Fsp3) is 0.706. The Morgan fingerprint density at radius 1 is 1.19 bits per heavy atom. The highest BCUT2D eigenvalue weighted by Crippen LogP contribution is 2.24. The molecule has 0 bridgehead atoms. The van der Waals surface area contributed by atoms with E-state index in [-0.39, 0.29) is 12.2 Å². The standard InChI is InChI=1S/C17H26ClN5O3/c1-17(2,3)26-16(25)22-8-6-21(7-9-22)14-10-13(18)19-15(20-14)23-5-4-12(24)11-23/h10,12,24H,4-9,11H2,1-3H3. The number of anilines is 2. The van der Waals surface area contributed by atoms with Gasteiger partial charge in [0, 0.05) is 45.3 Å². The van der Waals surface area contributed by atoms with E-state index in [1.807, 2.05) is 25.7 Å². The lowest BCUT2D eigenvalue weighted by Gasteiger charge is -2.36. The average molecular weight is 384 g/mol. The first-order valence-corrected chi connectivity index (χ1v) is 9.29. The maximum Gasteiger partial charge on any atom is 0.410 e. The van der Waals surface area contributed by atoms with Crippen molar-refractivity contribution in [2.24, 2.45) is 0 Å². The van der Waals surface area contributed by atoms with E-state index >= 15 is 0 Å².